The maximum absolute atomic E-state index is 14.2. The van der Waals surface area contributed by atoms with Gasteiger partial charge in [-0.3, -0.25) is 0 Å². The van der Waals surface area contributed by atoms with Crippen molar-refractivity contribution in [3.8, 4) is 5.75 Å². The van der Waals surface area contributed by atoms with Gasteiger partial charge in [-0.25, -0.2) is 17.8 Å². The van der Waals surface area contributed by atoms with E-state index in [-0.39, 0.29) is 23.1 Å². The molecule has 2 atom stereocenters. The number of rotatable bonds is 4. The summed E-state index contributed by atoms with van der Waals surface area (Å²) in [5.41, 5.74) is 0.616. The molecule has 29 heavy (non-hydrogen) atoms. The zero-order valence-corrected chi connectivity index (χ0v) is 17.1. The van der Waals surface area contributed by atoms with Crippen molar-refractivity contribution >= 4 is 15.7 Å². The number of hydrogen-bond donors (Lipinski definition) is 0. The average Bonchev–Trinajstić information content (AvgIpc) is 3.04. The van der Waals surface area contributed by atoms with Crippen LogP contribution in [0.5, 0.6) is 5.75 Å². The molecule has 0 amide bonds. The van der Waals surface area contributed by atoms with Gasteiger partial charge in [0.25, 0.3) is 4.87 Å². The molecule has 0 bridgehead atoms. The summed E-state index contributed by atoms with van der Waals surface area (Å²) >= 11 is 0. The Morgan fingerprint density at radius 2 is 2.00 bits per heavy atom. The first kappa shape index (κ1) is 21.6. The van der Waals surface area contributed by atoms with Crippen LogP contribution in [0.3, 0.4) is 0 Å². The van der Waals surface area contributed by atoms with Crippen molar-refractivity contribution in [1.82, 2.24) is 4.90 Å². The van der Waals surface area contributed by atoms with Crippen molar-refractivity contribution in [3.05, 3.63) is 41.4 Å². The van der Waals surface area contributed by atoms with Gasteiger partial charge in [0, 0.05) is 17.5 Å². The second kappa shape index (κ2) is 7.30. The molecule has 160 valence electrons. The monoisotopic (exact) mass is 434 g/mol. The highest BCUT2D eigenvalue weighted by molar-refractivity contribution is 7.92. The van der Waals surface area contributed by atoms with E-state index < -0.39 is 33.2 Å². The van der Waals surface area contributed by atoms with E-state index in [9.17, 15) is 26.0 Å². The molecule has 2 aliphatic rings. The Kier molecular flexibility index (Phi) is 5.44. The second-order valence-electron chi connectivity index (χ2n) is 7.51. The standard InChI is InChI=1S/C19H22F4N2O3S/c1-12-5-4-6-14(9-12)25-11-18(19(21,22)23,29(3,26)27)24-17(25)13-7-8-16(28-2)15(20)10-13/h6-8,10,12H,4-5,9,11H2,1-3H3. The average molecular weight is 434 g/mol. The Labute approximate surface area is 167 Å². The van der Waals surface area contributed by atoms with Gasteiger partial charge in [-0.2, -0.15) is 13.2 Å². The fraction of sp³-hybridized carbons (Fsp3) is 0.526. The van der Waals surface area contributed by atoms with E-state index in [1.807, 2.05) is 6.92 Å². The maximum atomic E-state index is 14.2. The third kappa shape index (κ3) is 3.74. The van der Waals surface area contributed by atoms with Crippen LogP contribution in [0, 0.1) is 11.7 Å². The molecular formula is C19H22F4N2O3S. The number of nitrogens with zero attached hydrogens (tertiary/aromatic N) is 2. The van der Waals surface area contributed by atoms with Crippen LogP contribution in [0.15, 0.2) is 35.0 Å². The highest BCUT2D eigenvalue weighted by atomic mass is 32.2. The molecule has 1 aliphatic heterocycles. The first-order chi connectivity index (χ1) is 13.4. The van der Waals surface area contributed by atoms with Crippen LogP contribution in [0.2, 0.25) is 0 Å². The predicted molar refractivity (Wildman–Crippen MR) is 101 cm³/mol. The Balaban J connectivity index is 2.20. The number of aliphatic imine (C=N–C) groups is 1. The zero-order valence-electron chi connectivity index (χ0n) is 16.3. The SMILES string of the molecule is COc1ccc(C2=NC(C(F)(F)F)(S(C)(=O)=O)CN2C2=CCCC(C)C2)cc1F. The van der Waals surface area contributed by atoms with E-state index in [1.165, 1.54) is 24.1 Å². The molecule has 0 fully saturated rings. The van der Waals surface area contributed by atoms with Gasteiger partial charge in [-0.1, -0.05) is 13.0 Å². The van der Waals surface area contributed by atoms with Gasteiger partial charge >= 0.3 is 6.18 Å². The summed E-state index contributed by atoms with van der Waals surface area (Å²) in [5.74, 6) is -0.838. The summed E-state index contributed by atoms with van der Waals surface area (Å²) in [6.07, 6.45) is -0.782. The van der Waals surface area contributed by atoms with Crippen LogP contribution < -0.4 is 4.74 Å². The van der Waals surface area contributed by atoms with Gasteiger partial charge < -0.3 is 9.64 Å². The summed E-state index contributed by atoms with van der Waals surface area (Å²) in [6.45, 7) is 1.08. The molecule has 0 saturated carbocycles. The minimum atomic E-state index is -5.13. The van der Waals surface area contributed by atoms with Gasteiger partial charge in [-0.15, -0.1) is 0 Å². The van der Waals surface area contributed by atoms with Crippen LogP contribution in [-0.4, -0.2) is 50.1 Å². The summed E-state index contributed by atoms with van der Waals surface area (Å²) in [7, 11) is -3.40. The van der Waals surface area contributed by atoms with Crippen molar-refractivity contribution in [1.29, 1.82) is 0 Å². The third-order valence-corrected chi connectivity index (χ3v) is 7.00. The van der Waals surface area contributed by atoms with Gasteiger partial charge in [-0.05, 0) is 43.4 Å². The smallest absolute Gasteiger partial charge is 0.429 e. The van der Waals surface area contributed by atoms with Gasteiger partial charge in [0.15, 0.2) is 21.4 Å². The molecule has 1 heterocycles. The fourth-order valence-electron chi connectivity index (χ4n) is 3.68. The van der Waals surface area contributed by atoms with Crippen molar-refractivity contribution < 1.29 is 30.7 Å². The quantitative estimate of drug-likeness (QED) is 0.675. The number of sulfone groups is 1. The van der Waals surface area contributed by atoms with E-state index in [2.05, 4.69) is 4.99 Å². The van der Waals surface area contributed by atoms with Crippen molar-refractivity contribution in [2.75, 3.05) is 19.9 Å². The van der Waals surface area contributed by atoms with Crippen LogP contribution >= 0.6 is 0 Å². The van der Waals surface area contributed by atoms with Crippen molar-refractivity contribution in [3.63, 3.8) is 0 Å². The van der Waals surface area contributed by atoms with Crippen molar-refractivity contribution in [2.24, 2.45) is 10.9 Å². The lowest BCUT2D eigenvalue weighted by Gasteiger charge is -2.32. The molecular weight excluding hydrogens is 412 g/mol. The highest BCUT2D eigenvalue weighted by Gasteiger charge is 2.66. The Morgan fingerprint density at radius 3 is 2.52 bits per heavy atom. The lowest BCUT2D eigenvalue weighted by atomic mass is 9.93. The zero-order chi connectivity index (χ0) is 21.6. The summed E-state index contributed by atoms with van der Waals surface area (Å²) < 4.78 is 85.6. The number of ether oxygens (including phenoxy) is 1. The lowest BCUT2D eigenvalue weighted by molar-refractivity contribution is -0.158. The van der Waals surface area contributed by atoms with Gasteiger partial charge in [0.1, 0.15) is 5.84 Å². The first-order valence-corrected chi connectivity index (χ1v) is 11.0. The van der Waals surface area contributed by atoms with E-state index in [1.54, 1.807) is 6.08 Å². The predicted octanol–water partition coefficient (Wildman–Crippen LogP) is 3.90. The molecule has 5 nitrogen and oxygen atoms in total. The van der Waals surface area contributed by atoms with E-state index in [4.69, 9.17) is 4.74 Å². The van der Waals surface area contributed by atoms with Gasteiger partial charge in [0.2, 0.25) is 0 Å². The molecule has 0 radical (unpaired) electrons. The number of allylic oxidation sites excluding steroid dienone is 2. The molecule has 2 unspecified atom stereocenters. The molecule has 0 N–H and O–H groups in total. The number of amidine groups is 1. The fourth-order valence-corrected chi connectivity index (χ4v) is 4.72. The summed E-state index contributed by atoms with van der Waals surface area (Å²) in [5, 5.41) is 0. The first-order valence-electron chi connectivity index (χ1n) is 9.06. The Hall–Kier alpha value is -2.10. The Morgan fingerprint density at radius 1 is 1.31 bits per heavy atom. The van der Waals surface area contributed by atoms with E-state index >= 15 is 0 Å². The minimum absolute atomic E-state index is 0.0530. The molecule has 1 aliphatic carbocycles. The van der Waals surface area contributed by atoms with E-state index in [0.29, 0.717) is 24.8 Å². The van der Waals surface area contributed by atoms with Gasteiger partial charge in [0.05, 0.1) is 13.7 Å². The molecule has 0 spiro atoms. The lowest BCUT2D eigenvalue weighted by Crippen LogP contribution is -2.53. The largest absolute Gasteiger partial charge is 0.494 e. The normalized spacial score (nSPS) is 25.6. The molecule has 3 rings (SSSR count). The van der Waals surface area contributed by atoms with Crippen LogP contribution in [0.1, 0.15) is 31.7 Å². The minimum Gasteiger partial charge on any atom is -0.494 e. The summed E-state index contributed by atoms with van der Waals surface area (Å²) in [4.78, 5) is 1.65. The molecule has 1 aromatic rings. The summed E-state index contributed by atoms with van der Waals surface area (Å²) in [6, 6.07) is 3.65. The maximum Gasteiger partial charge on any atom is 0.429 e. The van der Waals surface area contributed by atoms with E-state index in [0.717, 1.165) is 12.5 Å². The van der Waals surface area contributed by atoms with Crippen molar-refractivity contribution in [2.45, 2.75) is 37.2 Å². The second-order valence-corrected chi connectivity index (χ2v) is 9.73. The molecule has 1 aromatic carbocycles. The highest BCUT2D eigenvalue weighted by Crippen LogP contribution is 2.45. The van der Waals surface area contributed by atoms with Crippen LogP contribution in [-0.2, 0) is 9.84 Å². The topological polar surface area (TPSA) is 59.0 Å². The number of benzene rings is 1. The molecule has 0 saturated heterocycles. The number of methoxy groups -OCH3 is 1. The van der Waals surface area contributed by atoms with Crippen LogP contribution in [0.25, 0.3) is 0 Å². The molecule has 0 aromatic heterocycles. The third-order valence-electron chi connectivity index (χ3n) is 5.32. The molecule has 10 heteroatoms. The number of hydrogen-bond acceptors (Lipinski definition) is 5. The van der Waals surface area contributed by atoms with Crippen LogP contribution in [0.4, 0.5) is 17.6 Å². The number of alkyl halides is 3. The Bertz CT molecular complexity index is 972. The number of halogens is 4.